The Labute approximate surface area is 119 Å². The van der Waals surface area contributed by atoms with Crippen LogP contribution in [0, 0.1) is 5.92 Å². The zero-order chi connectivity index (χ0) is 14.2. The molecule has 3 rings (SSSR count). The van der Waals surface area contributed by atoms with Crippen LogP contribution in [0.25, 0.3) is 11.0 Å². The topological polar surface area (TPSA) is 66.1 Å². The highest BCUT2D eigenvalue weighted by molar-refractivity contribution is 7.89. The molecule has 0 saturated carbocycles. The molecular weight excluding hydrogens is 274 g/mol. The van der Waals surface area contributed by atoms with Gasteiger partial charge in [0.1, 0.15) is 10.5 Å². The molecule has 3 heterocycles. The van der Waals surface area contributed by atoms with Crippen LogP contribution in [0.3, 0.4) is 0 Å². The number of pyridine rings is 1. The fraction of sp³-hybridized carbons (Fsp3) is 0.500. The number of hydrogen-bond acceptors (Lipinski definition) is 3. The van der Waals surface area contributed by atoms with E-state index in [0.717, 1.165) is 19.3 Å². The van der Waals surface area contributed by atoms with Gasteiger partial charge in [0.25, 0.3) is 0 Å². The lowest BCUT2D eigenvalue weighted by atomic mass is 10.0. The van der Waals surface area contributed by atoms with E-state index in [1.54, 1.807) is 28.8 Å². The number of aromatic nitrogens is 2. The van der Waals surface area contributed by atoms with Crippen LogP contribution in [0.4, 0.5) is 0 Å². The van der Waals surface area contributed by atoms with Crippen LogP contribution in [0.2, 0.25) is 0 Å². The van der Waals surface area contributed by atoms with Crippen LogP contribution < -0.4 is 0 Å². The Morgan fingerprint density at radius 2 is 2.20 bits per heavy atom. The zero-order valence-electron chi connectivity index (χ0n) is 11.5. The third-order valence-electron chi connectivity index (χ3n) is 4.01. The summed E-state index contributed by atoms with van der Waals surface area (Å²) < 4.78 is 27.2. The van der Waals surface area contributed by atoms with Crippen molar-refractivity contribution in [3.63, 3.8) is 0 Å². The van der Waals surface area contributed by atoms with Gasteiger partial charge in [0.05, 0.1) is 0 Å². The first-order valence-electron chi connectivity index (χ1n) is 7.01. The molecule has 1 saturated heterocycles. The first-order valence-corrected chi connectivity index (χ1v) is 8.45. The van der Waals surface area contributed by atoms with Gasteiger partial charge in [-0.3, -0.25) is 0 Å². The number of nitrogens with zero attached hydrogens (tertiary/aromatic N) is 2. The molecule has 1 aliphatic heterocycles. The number of aromatic amines is 1. The summed E-state index contributed by atoms with van der Waals surface area (Å²) in [5.74, 6) is 0.597. The predicted octanol–water partition coefficient (Wildman–Crippen LogP) is 2.37. The molecular formula is C14H19N3O2S. The lowest BCUT2D eigenvalue weighted by Gasteiger charge is -2.19. The molecule has 108 valence electrons. The van der Waals surface area contributed by atoms with Gasteiger partial charge in [0, 0.05) is 30.9 Å². The molecule has 0 radical (unpaired) electrons. The van der Waals surface area contributed by atoms with Gasteiger partial charge in [-0.15, -0.1) is 0 Å². The molecule has 0 amide bonds. The summed E-state index contributed by atoms with van der Waals surface area (Å²) >= 11 is 0. The third-order valence-corrected chi connectivity index (χ3v) is 5.95. The number of rotatable bonds is 2. The second-order valence-electron chi connectivity index (χ2n) is 5.49. The molecule has 1 aliphatic rings. The maximum Gasteiger partial charge on any atom is 0.245 e. The molecule has 0 aliphatic carbocycles. The maximum atomic E-state index is 12.8. The normalized spacial score (nSPS) is 21.9. The van der Waals surface area contributed by atoms with E-state index < -0.39 is 10.0 Å². The second-order valence-corrected chi connectivity index (χ2v) is 7.40. The van der Waals surface area contributed by atoms with Gasteiger partial charge >= 0.3 is 0 Å². The summed E-state index contributed by atoms with van der Waals surface area (Å²) in [5, 5.41) is 0.671. The largest absolute Gasteiger partial charge is 0.345 e. The van der Waals surface area contributed by atoms with Crippen molar-refractivity contribution in [1.82, 2.24) is 14.3 Å². The average Bonchev–Trinajstić information content (AvgIpc) is 2.75. The molecule has 1 fully saturated rings. The molecule has 0 spiro atoms. The molecule has 2 aromatic heterocycles. The lowest BCUT2D eigenvalue weighted by molar-refractivity contribution is 0.417. The van der Waals surface area contributed by atoms with Gasteiger partial charge < -0.3 is 4.98 Å². The summed E-state index contributed by atoms with van der Waals surface area (Å²) in [6.45, 7) is 3.40. The third kappa shape index (κ3) is 2.33. The molecule has 6 heteroatoms. The van der Waals surface area contributed by atoms with E-state index in [1.165, 1.54) is 0 Å². The number of fused-ring (bicyclic) bond motifs is 1. The van der Waals surface area contributed by atoms with Crippen molar-refractivity contribution in [3.8, 4) is 0 Å². The minimum absolute atomic E-state index is 0.343. The monoisotopic (exact) mass is 293 g/mol. The first kappa shape index (κ1) is 13.6. The van der Waals surface area contributed by atoms with E-state index in [2.05, 4.69) is 16.9 Å². The molecule has 20 heavy (non-hydrogen) atoms. The standard InChI is InChI=1S/C14H19N3O2S/c1-11-4-3-8-17(9-6-11)20(18,19)13-10-16-14-12(13)5-2-7-15-14/h2,5,7,10-11H,3-4,6,8-9H2,1H3,(H,15,16). The summed E-state index contributed by atoms with van der Waals surface area (Å²) in [5.41, 5.74) is 0.620. The average molecular weight is 293 g/mol. The Kier molecular flexibility index (Phi) is 3.52. The summed E-state index contributed by atoms with van der Waals surface area (Å²) in [7, 11) is -3.43. The quantitative estimate of drug-likeness (QED) is 0.924. The Morgan fingerprint density at radius 1 is 1.35 bits per heavy atom. The highest BCUT2D eigenvalue weighted by Gasteiger charge is 2.28. The SMILES string of the molecule is CC1CCCN(S(=O)(=O)c2c[nH]c3ncccc23)CC1. The molecule has 0 bridgehead atoms. The van der Waals surface area contributed by atoms with Crippen molar-refractivity contribution >= 4 is 21.1 Å². The summed E-state index contributed by atoms with van der Waals surface area (Å²) in [6, 6.07) is 3.56. The fourth-order valence-electron chi connectivity index (χ4n) is 2.76. The van der Waals surface area contributed by atoms with Gasteiger partial charge in [-0.05, 0) is 37.3 Å². The van der Waals surface area contributed by atoms with E-state index in [0.29, 0.717) is 34.9 Å². The molecule has 1 atom stereocenters. The van der Waals surface area contributed by atoms with Crippen molar-refractivity contribution in [2.24, 2.45) is 5.92 Å². The minimum Gasteiger partial charge on any atom is -0.345 e. The second kappa shape index (κ2) is 5.18. The summed E-state index contributed by atoms with van der Waals surface area (Å²) in [6.07, 6.45) is 6.17. The van der Waals surface area contributed by atoms with E-state index in [9.17, 15) is 8.42 Å². The highest BCUT2D eigenvalue weighted by Crippen LogP contribution is 2.27. The number of nitrogens with one attached hydrogen (secondary N) is 1. The lowest BCUT2D eigenvalue weighted by Crippen LogP contribution is -2.32. The van der Waals surface area contributed by atoms with E-state index in [4.69, 9.17) is 0 Å². The van der Waals surface area contributed by atoms with E-state index in [1.807, 2.05) is 0 Å². The van der Waals surface area contributed by atoms with Crippen LogP contribution in [0.1, 0.15) is 26.2 Å². The molecule has 2 aromatic rings. The van der Waals surface area contributed by atoms with Gasteiger partial charge in [0.2, 0.25) is 10.0 Å². The summed E-state index contributed by atoms with van der Waals surface area (Å²) in [4.78, 5) is 7.44. The van der Waals surface area contributed by atoms with Crippen LogP contribution in [0.15, 0.2) is 29.4 Å². The zero-order valence-corrected chi connectivity index (χ0v) is 12.4. The number of H-pyrrole nitrogens is 1. The Hall–Kier alpha value is -1.40. The van der Waals surface area contributed by atoms with Gasteiger partial charge in [-0.2, -0.15) is 4.31 Å². The Balaban J connectivity index is 1.99. The van der Waals surface area contributed by atoms with Crippen molar-refractivity contribution < 1.29 is 8.42 Å². The number of sulfonamides is 1. The molecule has 0 aromatic carbocycles. The molecule has 1 N–H and O–H groups in total. The van der Waals surface area contributed by atoms with Gasteiger partial charge in [-0.1, -0.05) is 6.92 Å². The van der Waals surface area contributed by atoms with E-state index in [-0.39, 0.29) is 0 Å². The van der Waals surface area contributed by atoms with Crippen molar-refractivity contribution in [2.75, 3.05) is 13.1 Å². The molecule has 5 nitrogen and oxygen atoms in total. The first-order chi connectivity index (χ1) is 9.59. The van der Waals surface area contributed by atoms with Gasteiger partial charge in [0.15, 0.2) is 0 Å². The predicted molar refractivity (Wildman–Crippen MR) is 77.9 cm³/mol. The van der Waals surface area contributed by atoms with Gasteiger partial charge in [-0.25, -0.2) is 13.4 Å². The van der Waals surface area contributed by atoms with Crippen LogP contribution in [0.5, 0.6) is 0 Å². The minimum atomic E-state index is -3.43. The Bertz CT molecular complexity index is 708. The van der Waals surface area contributed by atoms with Crippen molar-refractivity contribution in [2.45, 2.75) is 31.1 Å². The van der Waals surface area contributed by atoms with Crippen LogP contribution >= 0.6 is 0 Å². The fourth-order valence-corrected chi connectivity index (χ4v) is 4.40. The van der Waals surface area contributed by atoms with Crippen molar-refractivity contribution in [1.29, 1.82) is 0 Å². The Morgan fingerprint density at radius 3 is 3.05 bits per heavy atom. The highest BCUT2D eigenvalue weighted by atomic mass is 32.2. The van der Waals surface area contributed by atoms with E-state index >= 15 is 0 Å². The van der Waals surface area contributed by atoms with Crippen LogP contribution in [-0.4, -0.2) is 35.8 Å². The smallest absolute Gasteiger partial charge is 0.245 e. The van der Waals surface area contributed by atoms with Crippen molar-refractivity contribution in [3.05, 3.63) is 24.5 Å². The van der Waals surface area contributed by atoms with Crippen LogP contribution in [-0.2, 0) is 10.0 Å². The number of hydrogen-bond donors (Lipinski definition) is 1. The molecule has 1 unspecified atom stereocenters. The maximum absolute atomic E-state index is 12.8.